The number of nitrogens with zero attached hydrogens (tertiary/aromatic N) is 6. The van der Waals surface area contributed by atoms with Gasteiger partial charge in [0.15, 0.2) is 11.5 Å². The van der Waals surface area contributed by atoms with Crippen LogP contribution in [0.25, 0.3) is 0 Å². The molecular formula is C22H29N9O3. The van der Waals surface area contributed by atoms with Crippen molar-refractivity contribution in [3.05, 3.63) is 47.7 Å². The van der Waals surface area contributed by atoms with Gasteiger partial charge in [-0.25, -0.2) is 19.9 Å². The minimum atomic E-state index is -1.12. The van der Waals surface area contributed by atoms with Crippen LogP contribution in [-0.4, -0.2) is 74.2 Å². The van der Waals surface area contributed by atoms with Crippen molar-refractivity contribution >= 4 is 29.5 Å². The van der Waals surface area contributed by atoms with Crippen LogP contribution in [0, 0.1) is 0 Å². The fourth-order valence-corrected chi connectivity index (χ4v) is 3.18. The number of aliphatic hydroxyl groups is 1. The van der Waals surface area contributed by atoms with E-state index in [0.29, 0.717) is 11.4 Å². The summed E-state index contributed by atoms with van der Waals surface area (Å²) in [6.45, 7) is 3.19. The highest BCUT2D eigenvalue weighted by molar-refractivity contribution is 6.05. The average molecular weight is 468 g/mol. The quantitative estimate of drug-likeness (QED) is 0.306. The number of nitrogens with one attached hydrogen (secondary N) is 2. The maximum absolute atomic E-state index is 13.3. The third-order valence-electron chi connectivity index (χ3n) is 4.82. The summed E-state index contributed by atoms with van der Waals surface area (Å²) in [5.74, 6) is -0.726. The van der Waals surface area contributed by atoms with Crippen molar-refractivity contribution in [2.45, 2.75) is 38.2 Å². The van der Waals surface area contributed by atoms with E-state index in [-0.39, 0.29) is 35.4 Å². The van der Waals surface area contributed by atoms with Gasteiger partial charge in [-0.05, 0) is 26.7 Å². The standard InChI is InChI=1S/C22H29N9O3/c1-22(2,34)11-31(4)21(33)17(23)16(9-24-3)30-20(32)18-19(28-14-7-25-12-26-8-14)27-10-15(29-18)13-5-6-13/h7-10,12-13,34H,5-6,11,23H2,1-4H3,(H,27,28)(H,30,32). The number of nitrogens with two attached hydrogens (primary N) is 1. The van der Waals surface area contributed by atoms with E-state index in [1.807, 2.05) is 0 Å². The predicted octanol–water partition coefficient (Wildman–Crippen LogP) is 0.718. The molecule has 0 unspecified atom stereocenters. The third-order valence-corrected chi connectivity index (χ3v) is 4.82. The molecule has 12 nitrogen and oxygen atoms in total. The van der Waals surface area contributed by atoms with Gasteiger partial charge in [-0.1, -0.05) is 0 Å². The molecule has 1 saturated carbocycles. The summed E-state index contributed by atoms with van der Waals surface area (Å²) in [5, 5.41) is 15.6. The zero-order chi connectivity index (χ0) is 24.9. The molecule has 0 bridgehead atoms. The van der Waals surface area contributed by atoms with E-state index in [0.717, 1.165) is 12.8 Å². The molecule has 12 heteroatoms. The van der Waals surface area contributed by atoms with Crippen LogP contribution in [-0.2, 0) is 4.79 Å². The van der Waals surface area contributed by atoms with Gasteiger partial charge in [-0.2, -0.15) is 0 Å². The fraction of sp³-hybridized carbons (Fsp3) is 0.409. The Morgan fingerprint density at radius 3 is 2.56 bits per heavy atom. The van der Waals surface area contributed by atoms with Gasteiger partial charge in [-0.15, -0.1) is 0 Å². The second-order valence-electron chi connectivity index (χ2n) is 8.66. The van der Waals surface area contributed by atoms with Gasteiger partial charge in [0.05, 0.1) is 41.3 Å². The number of rotatable bonds is 9. The van der Waals surface area contributed by atoms with E-state index in [2.05, 4.69) is 35.6 Å². The molecule has 2 heterocycles. The van der Waals surface area contributed by atoms with Crippen LogP contribution < -0.4 is 16.4 Å². The molecule has 0 aliphatic heterocycles. The second kappa shape index (κ2) is 10.3. The molecule has 0 saturated heterocycles. The SMILES string of the molecule is CN=CC(NC(=O)c1nc(C2CC2)cnc1Nc1cncnc1)=C(N)C(=O)N(C)CC(C)(C)O. The first-order valence-electron chi connectivity index (χ1n) is 10.7. The summed E-state index contributed by atoms with van der Waals surface area (Å²) in [6.07, 6.45) is 9.34. The lowest BCUT2D eigenvalue weighted by Crippen LogP contribution is -2.43. The summed E-state index contributed by atoms with van der Waals surface area (Å²) in [6, 6.07) is 0. The lowest BCUT2D eigenvalue weighted by atomic mass is 10.1. The van der Waals surface area contributed by atoms with E-state index >= 15 is 0 Å². The monoisotopic (exact) mass is 467 g/mol. The molecule has 5 N–H and O–H groups in total. The van der Waals surface area contributed by atoms with Crippen molar-refractivity contribution in [1.29, 1.82) is 0 Å². The Hall–Kier alpha value is -3.93. The van der Waals surface area contributed by atoms with Crippen LogP contribution in [0.3, 0.4) is 0 Å². The van der Waals surface area contributed by atoms with Crippen molar-refractivity contribution in [3.63, 3.8) is 0 Å². The molecule has 180 valence electrons. The van der Waals surface area contributed by atoms with Gasteiger partial charge in [-0.3, -0.25) is 14.6 Å². The van der Waals surface area contributed by atoms with E-state index in [1.54, 1.807) is 20.0 Å². The van der Waals surface area contributed by atoms with E-state index in [1.165, 1.54) is 43.9 Å². The maximum Gasteiger partial charge on any atom is 0.278 e. The molecule has 2 aromatic rings. The topological polar surface area (TPSA) is 172 Å². The largest absolute Gasteiger partial charge is 0.393 e. The molecule has 0 radical (unpaired) electrons. The van der Waals surface area contributed by atoms with Gasteiger partial charge in [0.25, 0.3) is 11.8 Å². The van der Waals surface area contributed by atoms with Crippen LogP contribution >= 0.6 is 0 Å². The number of aromatic nitrogens is 4. The maximum atomic E-state index is 13.3. The number of anilines is 2. The summed E-state index contributed by atoms with van der Waals surface area (Å²) in [5.41, 5.74) is 6.00. The number of carbonyl (C=O) groups excluding carboxylic acids is 2. The summed E-state index contributed by atoms with van der Waals surface area (Å²) in [7, 11) is 2.99. The molecule has 0 spiro atoms. The molecule has 1 aliphatic carbocycles. The molecule has 3 rings (SSSR count). The summed E-state index contributed by atoms with van der Waals surface area (Å²) >= 11 is 0. The average Bonchev–Trinajstić information content (AvgIpc) is 3.63. The number of amides is 2. The molecule has 2 amide bonds. The Morgan fingerprint density at radius 2 is 1.97 bits per heavy atom. The first-order chi connectivity index (χ1) is 16.1. The Balaban J connectivity index is 1.91. The van der Waals surface area contributed by atoms with Gasteiger partial charge in [0.2, 0.25) is 0 Å². The molecule has 1 fully saturated rings. The van der Waals surface area contributed by atoms with Crippen molar-refractivity contribution < 1.29 is 14.7 Å². The summed E-state index contributed by atoms with van der Waals surface area (Å²) in [4.78, 5) is 48.0. The molecular weight excluding hydrogens is 438 g/mol. The minimum Gasteiger partial charge on any atom is -0.393 e. The molecule has 34 heavy (non-hydrogen) atoms. The number of allylic oxidation sites excluding steroid dienone is 1. The molecule has 0 aromatic carbocycles. The van der Waals surface area contributed by atoms with Crippen LogP contribution in [0.1, 0.15) is 48.8 Å². The lowest BCUT2D eigenvalue weighted by Gasteiger charge is -2.26. The van der Waals surface area contributed by atoms with E-state index < -0.39 is 17.4 Å². The molecule has 1 aliphatic rings. The van der Waals surface area contributed by atoms with Gasteiger partial charge in [0.1, 0.15) is 12.0 Å². The van der Waals surface area contributed by atoms with Crippen LogP contribution in [0.4, 0.5) is 11.5 Å². The molecule has 0 atom stereocenters. The normalized spacial score (nSPS) is 14.5. The van der Waals surface area contributed by atoms with Gasteiger partial charge < -0.3 is 26.4 Å². The van der Waals surface area contributed by atoms with Gasteiger partial charge >= 0.3 is 0 Å². The van der Waals surface area contributed by atoms with Gasteiger partial charge in [0, 0.05) is 32.8 Å². The molecule has 2 aromatic heterocycles. The summed E-state index contributed by atoms with van der Waals surface area (Å²) < 4.78 is 0. The first-order valence-corrected chi connectivity index (χ1v) is 10.7. The fourth-order valence-electron chi connectivity index (χ4n) is 3.18. The number of hydrogen-bond acceptors (Lipinski definition) is 10. The number of aliphatic imine (C=N–C) groups is 1. The van der Waals surface area contributed by atoms with E-state index in [4.69, 9.17) is 5.73 Å². The lowest BCUT2D eigenvalue weighted by molar-refractivity contribution is -0.128. The Kier molecular flexibility index (Phi) is 7.51. The number of carbonyl (C=O) groups is 2. The first kappa shape index (κ1) is 24.7. The van der Waals surface area contributed by atoms with Crippen LogP contribution in [0.15, 0.2) is 41.3 Å². The number of hydrogen-bond donors (Lipinski definition) is 4. The minimum absolute atomic E-state index is 0.00714. The van der Waals surface area contributed by atoms with E-state index in [9.17, 15) is 14.7 Å². The highest BCUT2D eigenvalue weighted by atomic mass is 16.3. The zero-order valence-electron chi connectivity index (χ0n) is 19.6. The van der Waals surface area contributed by atoms with Crippen molar-refractivity contribution in [1.82, 2.24) is 30.2 Å². The Labute approximate surface area is 197 Å². The van der Waals surface area contributed by atoms with Crippen LogP contribution in [0.5, 0.6) is 0 Å². The number of likely N-dealkylation sites (N-methyl/N-ethyl adjacent to an activating group) is 1. The Bertz CT molecular complexity index is 1110. The van der Waals surface area contributed by atoms with Crippen molar-refractivity contribution in [3.8, 4) is 0 Å². The second-order valence-corrected chi connectivity index (χ2v) is 8.66. The Morgan fingerprint density at radius 1 is 1.29 bits per heavy atom. The third kappa shape index (κ3) is 6.54. The van der Waals surface area contributed by atoms with Crippen LogP contribution in [0.2, 0.25) is 0 Å². The zero-order valence-corrected chi connectivity index (χ0v) is 19.6. The predicted molar refractivity (Wildman–Crippen MR) is 126 cm³/mol. The smallest absolute Gasteiger partial charge is 0.278 e. The highest BCUT2D eigenvalue weighted by Gasteiger charge is 2.28. The van der Waals surface area contributed by atoms with Crippen molar-refractivity contribution in [2.24, 2.45) is 10.7 Å². The highest BCUT2D eigenvalue weighted by Crippen LogP contribution is 2.39. The van der Waals surface area contributed by atoms with Crippen molar-refractivity contribution in [2.75, 3.05) is 26.0 Å².